The standard InChI is InChI=1S/C23H29ClN4O4/c1-15-3-9-18(10-4-15)27(2)22(30)21-11-20(32-14-19(29)12-25)13-28(21)23(31)26-17-7-5-16(24)6-8-17/h3-10,19-21,29H,11-14,25H2,1-2H3,(H,26,31). The van der Waals surface area contributed by atoms with Crippen molar-refractivity contribution in [3.05, 3.63) is 59.1 Å². The lowest BCUT2D eigenvalue weighted by atomic mass is 10.1. The van der Waals surface area contributed by atoms with Gasteiger partial charge in [-0.1, -0.05) is 29.3 Å². The predicted octanol–water partition coefficient (Wildman–Crippen LogP) is 2.62. The summed E-state index contributed by atoms with van der Waals surface area (Å²) in [5.41, 5.74) is 7.84. The fourth-order valence-electron chi connectivity index (χ4n) is 3.54. The van der Waals surface area contributed by atoms with Gasteiger partial charge in [0.25, 0.3) is 0 Å². The Labute approximate surface area is 192 Å². The van der Waals surface area contributed by atoms with E-state index in [1.165, 1.54) is 4.90 Å². The van der Waals surface area contributed by atoms with Crippen molar-refractivity contribution in [3.63, 3.8) is 0 Å². The molecule has 0 spiro atoms. The molecule has 1 aliphatic rings. The van der Waals surface area contributed by atoms with Crippen molar-refractivity contribution >= 4 is 34.9 Å². The maximum atomic E-state index is 13.3. The van der Waals surface area contributed by atoms with Crippen LogP contribution in [0.4, 0.5) is 16.2 Å². The summed E-state index contributed by atoms with van der Waals surface area (Å²) in [4.78, 5) is 29.4. The molecule has 0 radical (unpaired) electrons. The number of anilines is 2. The minimum Gasteiger partial charge on any atom is -0.389 e. The number of halogens is 1. The molecule has 172 valence electrons. The van der Waals surface area contributed by atoms with Crippen LogP contribution in [0.5, 0.6) is 0 Å². The van der Waals surface area contributed by atoms with E-state index >= 15 is 0 Å². The minimum atomic E-state index is -0.795. The SMILES string of the molecule is Cc1ccc(N(C)C(=O)C2CC(OCC(O)CN)CN2C(=O)Nc2ccc(Cl)cc2)cc1. The second-order valence-corrected chi connectivity index (χ2v) is 8.36. The molecule has 3 atom stereocenters. The summed E-state index contributed by atoms with van der Waals surface area (Å²) >= 11 is 5.92. The van der Waals surface area contributed by atoms with Gasteiger partial charge in [0.1, 0.15) is 6.04 Å². The average molecular weight is 461 g/mol. The first-order chi connectivity index (χ1) is 15.3. The highest BCUT2D eigenvalue weighted by molar-refractivity contribution is 6.30. The second kappa shape index (κ2) is 10.8. The molecule has 0 aromatic heterocycles. The number of rotatable bonds is 7. The number of aliphatic hydroxyl groups is 1. The third-order valence-corrected chi connectivity index (χ3v) is 5.70. The minimum absolute atomic E-state index is 0.0442. The highest BCUT2D eigenvalue weighted by Gasteiger charge is 2.41. The Morgan fingerprint density at radius 1 is 1.25 bits per heavy atom. The number of likely N-dealkylation sites (tertiary alicyclic amines) is 1. The topological polar surface area (TPSA) is 108 Å². The van der Waals surface area contributed by atoms with Crippen LogP contribution in [0.25, 0.3) is 0 Å². The van der Waals surface area contributed by atoms with E-state index in [2.05, 4.69) is 5.32 Å². The molecule has 0 bridgehead atoms. The van der Waals surface area contributed by atoms with Crippen molar-refractivity contribution < 1.29 is 19.4 Å². The van der Waals surface area contributed by atoms with E-state index in [4.69, 9.17) is 22.1 Å². The van der Waals surface area contributed by atoms with Crippen LogP contribution in [0, 0.1) is 6.92 Å². The maximum absolute atomic E-state index is 13.3. The van der Waals surface area contributed by atoms with Crippen LogP contribution in [-0.4, -0.2) is 66.9 Å². The summed E-state index contributed by atoms with van der Waals surface area (Å²) in [6, 6.07) is 13.2. The zero-order valence-electron chi connectivity index (χ0n) is 18.2. The molecule has 1 fully saturated rings. The number of aryl methyl sites for hydroxylation is 1. The van der Waals surface area contributed by atoms with E-state index < -0.39 is 24.3 Å². The molecule has 1 saturated heterocycles. The van der Waals surface area contributed by atoms with Gasteiger partial charge in [0.15, 0.2) is 0 Å². The Morgan fingerprint density at radius 2 is 1.91 bits per heavy atom. The summed E-state index contributed by atoms with van der Waals surface area (Å²) in [6.45, 7) is 2.31. The molecule has 3 rings (SSSR count). The number of likely N-dealkylation sites (N-methyl/N-ethyl adjacent to an activating group) is 1. The van der Waals surface area contributed by atoms with Crippen molar-refractivity contribution in [3.8, 4) is 0 Å². The maximum Gasteiger partial charge on any atom is 0.322 e. The van der Waals surface area contributed by atoms with Gasteiger partial charge >= 0.3 is 6.03 Å². The van der Waals surface area contributed by atoms with Gasteiger partial charge in [-0.05, 0) is 43.3 Å². The number of nitrogens with two attached hydrogens (primary N) is 1. The summed E-state index contributed by atoms with van der Waals surface area (Å²) in [6.07, 6.45) is -0.871. The third-order valence-electron chi connectivity index (χ3n) is 5.45. The molecular weight excluding hydrogens is 432 g/mol. The Morgan fingerprint density at radius 3 is 2.53 bits per heavy atom. The van der Waals surface area contributed by atoms with E-state index in [0.717, 1.165) is 11.3 Å². The number of amides is 3. The zero-order chi connectivity index (χ0) is 23.3. The van der Waals surface area contributed by atoms with Gasteiger partial charge in [0.2, 0.25) is 5.91 Å². The van der Waals surface area contributed by atoms with Gasteiger partial charge in [-0.15, -0.1) is 0 Å². The Bertz CT molecular complexity index is 923. The van der Waals surface area contributed by atoms with Crippen LogP contribution in [0.15, 0.2) is 48.5 Å². The van der Waals surface area contributed by atoms with Gasteiger partial charge in [0, 0.05) is 43.0 Å². The molecule has 8 nitrogen and oxygen atoms in total. The number of benzene rings is 2. The van der Waals surface area contributed by atoms with Crippen LogP contribution in [-0.2, 0) is 9.53 Å². The lowest BCUT2D eigenvalue weighted by Gasteiger charge is -2.28. The van der Waals surface area contributed by atoms with E-state index in [-0.39, 0.29) is 25.6 Å². The first-order valence-electron chi connectivity index (χ1n) is 10.5. The number of urea groups is 1. The molecule has 0 aliphatic carbocycles. The first-order valence-corrected chi connectivity index (χ1v) is 10.8. The van der Waals surface area contributed by atoms with E-state index in [1.807, 2.05) is 31.2 Å². The molecule has 2 aromatic carbocycles. The summed E-state index contributed by atoms with van der Waals surface area (Å²) in [7, 11) is 1.69. The zero-order valence-corrected chi connectivity index (χ0v) is 19.0. The highest BCUT2D eigenvalue weighted by atomic mass is 35.5. The van der Waals surface area contributed by atoms with Crippen molar-refractivity contribution in [1.82, 2.24) is 4.90 Å². The number of hydrogen-bond donors (Lipinski definition) is 3. The largest absolute Gasteiger partial charge is 0.389 e. The Hall–Kier alpha value is -2.65. The molecule has 1 heterocycles. The van der Waals surface area contributed by atoms with E-state index in [1.54, 1.807) is 36.2 Å². The summed E-state index contributed by atoms with van der Waals surface area (Å²) < 4.78 is 5.74. The molecule has 32 heavy (non-hydrogen) atoms. The fourth-order valence-corrected chi connectivity index (χ4v) is 3.67. The lowest BCUT2D eigenvalue weighted by Crippen LogP contribution is -2.48. The number of ether oxygens (including phenoxy) is 1. The molecular formula is C23H29ClN4O4. The van der Waals surface area contributed by atoms with Gasteiger partial charge in [-0.25, -0.2) is 4.79 Å². The number of nitrogens with zero attached hydrogens (tertiary/aromatic N) is 2. The van der Waals surface area contributed by atoms with Crippen molar-refractivity contribution in [2.45, 2.75) is 31.6 Å². The normalized spacial score (nSPS) is 19.0. The number of nitrogens with one attached hydrogen (secondary N) is 1. The van der Waals surface area contributed by atoms with Gasteiger partial charge < -0.3 is 30.7 Å². The predicted molar refractivity (Wildman–Crippen MR) is 125 cm³/mol. The van der Waals surface area contributed by atoms with Crippen LogP contribution >= 0.6 is 11.6 Å². The average Bonchev–Trinajstić information content (AvgIpc) is 3.23. The molecule has 9 heteroatoms. The molecule has 4 N–H and O–H groups in total. The van der Waals surface area contributed by atoms with E-state index in [0.29, 0.717) is 17.1 Å². The number of carbonyl (C=O) groups is 2. The molecule has 2 aromatic rings. The first kappa shape index (κ1) is 24.0. The summed E-state index contributed by atoms with van der Waals surface area (Å²) in [5, 5.41) is 13.1. The van der Waals surface area contributed by atoms with Crippen LogP contribution in [0.2, 0.25) is 5.02 Å². The van der Waals surface area contributed by atoms with Crippen molar-refractivity contribution in [2.24, 2.45) is 5.73 Å². The number of aliphatic hydroxyl groups excluding tert-OH is 1. The fraction of sp³-hybridized carbons (Fsp3) is 0.391. The number of hydrogen-bond acceptors (Lipinski definition) is 5. The van der Waals surface area contributed by atoms with Crippen molar-refractivity contribution in [1.29, 1.82) is 0 Å². The number of carbonyl (C=O) groups excluding carboxylic acids is 2. The Kier molecular flexibility index (Phi) is 8.09. The Balaban J connectivity index is 1.76. The third kappa shape index (κ3) is 5.98. The smallest absolute Gasteiger partial charge is 0.322 e. The van der Waals surface area contributed by atoms with Gasteiger partial charge in [-0.2, -0.15) is 0 Å². The second-order valence-electron chi connectivity index (χ2n) is 7.92. The molecule has 1 aliphatic heterocycles. The van der Waals surface area contributed by atoms with Gasteiger partial charge in [-0.3, -0.25) is 4.79 Å². The van der Waals surface area contributed by atoms with E-state index in [9.17, 15) is 14.7 Å². The van der Waals surface area contributed by atoms with Gasteiger partial charge in [0.05, 0.1) is 18.8 Å². The quantitative estimate of drug-likeness (QED) is 0.588. The van der Waals surface area contributed by atoms with Crippen LogP contribution < -0.4 is 16.0 Å². The molecule has 3 amide bonds. The van der Waals surface area contributed by atoms with Crippen molar-refractivity contribution in [2.75, 3.05) is 37.0 Å². The molecule has 0 saturated carbocycles. The van der Waals surface area contributed by atoms with Crippen LogP contribution in [0.3, 0.4) is 0 Å². The lowest BCUT2D eigenvalue weighted by molar-refractivity contribution is -0.121. The van der Waals surface area contributed by atoms with Crippen LogP contribution in [0.1, 0.15) is 12.0 Å². The highest BCUT2D eigenvalue weighted by Crippen LogP contribution is 2.26. The molecule has 3 unspecified atom stereocenters. The monoisotopic (exact) mass is 460 g/mol. The summed E-state index contributed by atoms with van der Waals surface area (Å²) in [5.74, 6) is -0.217.